The van der Waals surface area contributed by atoms with Gasteiger partial charge in [0.2, 0.25) is 5.95 Å². The van der Waals surface area contributed by atoms with Gasteiger partial charge in [-0.25, -0.2) is 4.98 Å². The molecule has 0 unspecified atom stereocenters. The van der Waals surface area contributed by atoms with Crippen LogP contribution in [-0.4, -0.2) is 19.9 Å². The maximum atomic E-state index is 5.95. The van der Waals surface area contributed by atoms with Crippen molar-refractivity contribution in [1.82, 2.24) is 19.9 Å². The molecule has 0 aliphatic rings. The molecule has 3 rings (SSSR count). The Bertz CT molecular complexity index is 741. The highest BCUT2D eigenvalue weighted by atomic mass is 15.1. The minimum absolute atomic E-state index is 0.147. The van der Waals surface area contributed by atoms with Crippen molar-refractivity contribution < 1.29 is 0 Å². The third-order valence-corrected chi connectivity index (χ3v) is 3.16. The van der Waals surface area contributed by atoms with E-state index >= 15 is 0 Å². The van der Waals surface area contributed by atoms with Crippen LogP contribution in [0.25, 0.3) is 11.0 Å². The van der Waals surface area contributed by atoms with Crippen molar-refractivity contribution in [2.24, 2.45) is 0 Å². The van der Waals surface area contributed by atoms with E-state index in [1.165, 1.54) is 5.56 Å². The molecule has 0 saturated heterocycles. The van der Waals surface area contributed by atoms with E-state index in [0.29, 0.717) is 11.5 Å². The van der Waals surface area contributed by atoms with Gasteiger partial charge in [-0.05, 0) is 42.2 Å². The zero-order valence-electron chi connectivity index (χ0n) is 10.8. The molecular formula is C14H14N6. The third kappa shape index (κ3) is 2.35. The first-order chi connectivity index (χ1) is 9.74. The fraction of sp³-hybridized carbons (Fsp3) is 0.143. The van der Waals surface area contributed by atoms with Gasteiger partial charge in [-0.1, -0.05) is 0 Å². The summed E-state index contributed by atoms with van der Waals surface area (Å²) in [6, 6.07) is 5.95. The van der Waals surface area contributed by atoms with Crippen molar-refractivity contribution in [3.05, 3.63) is 47.9 Å². The van der Waals surface area contributed by atoms with E-state index in [2.05, 4.69) is 19.9 Å². The number of aryl methyl sites for hydroxylation is 2. The average Bonchev–Trinajstić information content (AvgIpc) is 2.45. The van der Waals surface area contributed by atoms with Gasteiger partial charge in [0.05, 0.1) is 5.39 Å². The molecular weight excluding hydrogens is 252 g/mol. The predicted octanol–water partition coefficient (Wildman–Crippen LogP) is 1.37. The molecule has 0 saturated carbocycles. The van der Waals surface area contributed by atoms with Crippen molar-refractivity contribution in [2.75, 3.05) is 11.5 Å². The summed E-state index contributed by atoms with van der Waals surface area (Å²) in [4.78, 5) is 16.3. The smallest absolute Gasteiger partial charge is 0.224 e. The molecule has 0 aliphatic carbocycles. The van der Waals surface area contributed by atoms with Gasteiger partial charge >= 0.3 is 0 Å². The number of fused-ring (bicyclic) bond motifs is 1. The largest absolute Gasteiger partial charge is 0.383 e. The quantitative estimate of drug-likeness (QED) is 0.742. The predicted molar refractivity (Wildman–Crippen MR) is 77.8 cm³/mol. The lowest BCUT2D eigenvalue weighted by Crippen LogP contribution is -2.04. The Hall–Kier alpha value is -2.76. The Morgan fingerprint density at radius 2 is 1.70 bits per heavy atom. The summed E-state index contributed by atoms with van der Waals surface area (Å²) in [5.74, 6) is 0.527. The van der Waals surface area contributed by atoms with Crippen LogP contribution in [0.5, 0.6) is 0 Å². The molecule has 3 aromatic heterocycles. The van der Waals surface area contributed by atoms with Crippen molar-refractivity contribution in [1.29, 1.82) is 0 Å². The Morgan fingerprint density at radius 3 is 2.50 bits per heavy atom. The molecule has 0 aliphatic heterocycles. The van der Waals surface area contributed by atoms with E-state index in [-0.39, 0.29) is 5.95 Å². The zero-order chi connectivity index (χ0) is 13.9. The highest BCUT2D eigenvalue weighted by Crippen LogP contribution is 2.22. The number of nitrogen functional groups attached to an aromatic ring is 2. The second-order valence-electron chi connectivity index (χ2n) is 4.49. The van der Waals surface area contributed by atoms with Crippen LogP contribution in [0.3, 0.4) is 0 Å². The molecule has 0 spiro atoms. The fourth-order valence-electron chi connectivity index (χ4n) is 2.20. The van der Waals surface area contributed by atoms with Crippen LogP contribution in [0, 0.1) is 0 Å². The van der Waals surface area contributed by atoms with Crippen molar-refractivity contribution in [3.63, 3.8) is 0 Å². The number of pyridine rings is 2. The number of nitrogens with zero attached hydrogens (tertiary/aromatic N) is 4. The highest BCUT2D eigenvalue weighted by molar-refractivity contribution is 5.89. The van der Waals surface area contributed by atoms with Crippen molar-refractivity contribution in [3.8, 4) is 0 Å². The van der Waals surface area contributed by atoms with Gasteiger partial charge in [0, 0.05) is 18.6 Å². The SMILES string of the molecule is Nc1nc(N)c2c(CCc3ccncc3)ccnc2n1. The summed E-state index contributed by atoms with van der Waals surface area (Å²) >= 11 is 0. The summed E-state index contributed by atoms with van der Waals surface area (Å²) in [7, 11) is 0. The molecule has 4 N–H and O–H groups in total. The number of hydrogen-bond donors (Lipinski definition) is 2. The standard InChI is InChI=1S/C14H14N6/c15-12-11-10(2-1-9-3-6-17-7-4-9)5-8-18-13(11)20-14(16)19-12/h3-8H,1-2H2,(H4,15,16,18,19,20). The van der Waals surface area contributed by atoms with Gasteiger partial charge in [0.15, 0.2) is 5.65 Å². The van der Waals surface area contributed by atoms with Crippen LogP contribution < -0.4 is 11.5 Å². The van der Waals surface area contributed by atoms with E-state index in [0.717, 1.165) is 23.8 Å². The first kappa shape index (κ1) is 12.3. The first-order valence-corrected chi connectivity index (χ1v) is 6.29. The monoisotopic (exact) mass is 266 g/mol. The summed E-state index contributed by atoms with van der Waals surface area (Å²) < 4.78 is 0. The number of hydrogen-bond acceptors (Lipinski definition) is 6. The molecule has 0 amide bonds. The molecule has 3 aromatic rings. The molecule has 0 atom stereocenters. The van der Waals surface area contributed by atoms with E-state index in [1.54, 1.807) is 18.6 Å². The second kappa shape index (κ2) is 5.08. The van der Waals surface area contributed by atoms with Crippen LogP contribution >= 0.6 is 0 Å². The van der Waals surface area contributed by atoms with E-state index in [1.807, 2.05) is 18.2 Å². The van der Waals surface area contributed by atoms with Crippen LogP contribution in [0.15, 0.2) is 36.8 Å². The van der Waals surface area contributed by atoms with E-state index in [9.17, 15) is 0 Å². The number of nitrogens with two attached hydrogens (primary N) is 2. The molecule has 0 aromatic carbocycles. The molecule has 20 heavy (non-hydrogen) atoms. The van der Waals surface area contributed by atoms with Crippen molar-refractivity contribution >= 4 is 22.8 Å². The number of anilines is 2. The lowest BCUT2D eigenvalue weighted by molar-refractivity contribution is 0.959. The normalized spacial score (nSPS) is 10.8. The van der Waals surface area contributed by atoms with Gasteiger partial charge in [-0.2, -0.15) is 9.97 Å². The van der Waals surface area contributed by atoms with Crippen LogP contribution in [0.2, 0.25) is 0 Å². The number of rotatable bonds is 3. The second-order valence-corrected chi connectivity index (χ2v) is 4.49. The van der Waals surface area contributed by atoms with Crippen LogP contribution in [0.1, 0.15) is 11.1 Å². The van der Waals surface area contributed by atoms with Gasteiger partial charge < -0.3 is 11.5 Å². The lowest BCUT2D eigenvalue weighted by atomic mass is 10.0. The fourth-order valence-corrected chi connectivity index (χ4v) is 2.20. The Labute approximate surface area is 115 Å². The Morgan fingerprint density at radius 1 is 0.900 bits per heavy atom. The maximum Gasteiger partial charge on any atom is 0.224 e. The van der Waals surface area contributed by atoms with Gasteiger partial charge in [0.25, 0.3) is 0 Å². The van der Waals surface area contributed by atoms with Crippen LogP contribution in [0.4, 0.5) is 11.8 Å². The molecule has 0 radical (unpaired) electrons. The molecule has 3 heterocycles. The van der Waals surface area contributed by atoms with Crippen molar-refractivity contribution in [2.45, 2.75) is 12.8 Å². The molecule has 6 heteroatoms. The number of aromatic nitrogens is 4. The maximum absolute atomic E-state index is 5.95. The molecule has 0 fully saturated rings. The summed E-state index contributed by atoms with van der Waals surface area (Å²) in [5.41, 5.74) is 14.4. The molecule has 100 valence electrons. The molecule has 0 bridgehead atoms. The summed E-state index contributed by atoms with van der Waals surface area (Å²) in [6.45, 7) is 0. The minimum atomic E-state index is 0.147. The summed E-state index contributed by atoms with van der Waals surface area (Å²) in [6.07, 6.45) is 7.03. The van der Waals surface area contributed by atoms with E-state index < -0.39 is 0 Å². The molecule has 6 nitrogen and oxygen atoms in total. The summed E-state index contributed by atoms with van der Waals surface area (Å²) in [5, 5.41) is 0.788. The lowest BCUT2D eigenvalue weighted by Gasteiger charge is -2.08. The van der Waals surface area contributed by atoms with Gasteiger partial charge in [-0.15, -0.1) is 0 Å². The Kier molecular flexibility index (Phi) is 3.12. The zero-order valence-corrected chi connectivity index (χ0v) is 10.8. The third-order valence-electron chi connectivity index (χ3n) is 3.16. The first-order valence-electron chi connectivity index (χ1n) is 6.29. The topological polar surface area (TPSA) is 104 Å². The van der Waals surface area contributed by atoms with Crippen LogP contribution in [-0.2, 0) is 12.8 Å². The highest BCUT2D eigenvalue weighted by Gasteiger charge is 2.09. The van der Waals surface area contributed by atoms with Gasteiger partial charge in [-0.3, -0.25) is 4.98 Å². The average molecular weight is 266 g/mol. The van der Waals surface area contributed by atoms with E-state index in [4.69, 9.17) is 11.5 Å². The minimum Gasteiger partial charge on any atom is -0.383 e. The van der Waals surface area contributed by atoms with Gasteiger partial charge in [0.1, 0.15) is 5.82 Å². The Balaban J connectivity index is 1.96.